The predicted octanol–water partition coefficient (Wildman–Crippen LogP) is 3.65. The number of rotatable bonds is 2. The van der Waals surface area contributed by atoms with Crippen molar-refractivity contribution in [3.8, 4) is 0 Å². The fraction of sp³-hybridized carbons (Fsp3) is 0.211. The van der Waals surface area contributed by atoms with Crippen LogP contribution in [0.2, 0.25) is 0 Å². The normalized spacial score (nSPS) is 15.5. The van der Waals surface area contributed by atoms with Crippen molar-refractivity contribution in [2.24, 2.45) is 0 Å². The Balaban J connectivity index is 1.85. The maximum Gasteiger partial charge on any atom is 0.0528 e. The predicted molar refractivity (Wildman–Crippen MR) is 91.4 cm³/mol. The lowest BCUT2D eigenvalue weighted by Gasteiger charge is -2.23. The van der Waals surface area contributed by atoms with E-state index >= 15 is 0 Å². The van der Waals surface area contributed by atoms with E-state index in [0.29, 0.717) is 0 Å². The summed E-state index contributed by atoms with van der Waals surface area (Å²) in [5, 5.41) is 1.38. The summed E-state index contributed by atoms with van der Waals surface area (Å²) >= 11 is 0. The molecule has 3 nitrogen and oxygen atoms in total. The Kier molecular flexibility index (Phi) is 3.28. The highest BCUT2D eigenvalue weighted by Gasteiger charge is 2.20. The molecular weight excluding hydrogens is 270 g/mol. The second-order valence-electron chi connectivity index (χ2n) is 5.90. The first kappa shape index (κ1) is 13.3. The number of aromatic nitrogens is 2. The van der Waals surface area contributed by atoms with Crippen LogP contribution < -0.4 is 0 Å². The van der Waals surface area contributed by atoms with Crippen LogP contribution in [0, 0.1) is 0 Å². The number of nitrogens with zero attached hydrogens (tertiary/aromatic N) is 3. The van der Waals surface area contributed by atoms with Gasteiger partial charge in [0.25, 0.3) is 0 Å². The van der Waals surface area contributed by atoms with Gasteiger partial charge in [-0.2, -0.15) is 0 Å². The zero-order valence-electron chi connectivity index (χ0n) is 12.7. The highest BCUT2D eigenvalue weighted by atomic mass is 15.1. The van der Waals surface area contributed by atoms with Gasteiger partial charge in [0.15, 0.2) is 0 Å². The molecule has 0 saturated heterocycles. The fourth-order valence-corrected chi connectivity index (χ4v) is 3.28. The highest BCUT2D eigenvalue weighted by Crippen LogP contribution is 2.30. The first-order valence-electron chi connectivity index (χ1n) is 7.70. The van der Waals surface area contributed by atoms with Crippen LogP contribution in [0.4, 0.5) is 0 Å². The maximum atomic E-state index is 4.07. The molecule has 0 bridgehead atoms. The number of hydrogen-bond donors (Lipinski definition) is 0. The third-order valence-electron chi connectivity index (χ3n) is 4.41. The molecule has 0 amide bonds. The molecule has 0 saturated carbocycles. The Labute approximate surface area is 130 Å². The van der Waals surface area contributed by atoms with Crippen molar-refractivity contribution in [2.45, 2.75) is 13.0 Å². The molecule has 1 aliphatic rings. The maximum absolute atomic E-state index is 4.07. The van der Waals surface area contributed by atoms with Crippen LogP contribution in [0.15, 0.2) is 48.8 Å². The van der Waals surface area contributed by atoms with E-state index in [9.17, 15) is 0 Å². The smallest absolute Gasteiger partial charge is 0.0528 e. The van der Waals surface area contributed by atoms with Crippen molar-refractivity contribution in [1.29, 1.82) is 0 Å². The van der Waals surface area contributed by atoms with Gasteiger partial charge in [-0.25, -0.2) is 0 Å². The van der Waals surface area contributed by atoms with Gasteiger partial charge >= 0.3 is 0 Å². The van der Waals surface area contributed by atoms with E-state index in [1.807, 2.05) is 24.5 Å². The quantitative estimate of drug-likeness (QED) is 0.718. The lowest BCUT2D eigenvalue weighted by Crippen LogP contribution is -2.26. The zero-order chi connectivity index (χ0) is 14.9. The summed E-state index contributed by atoms with van der Waals surface area (Å²) in [7, 11) is 2.20. The molecule has 3 aromatic rings. The summed E-state index contributed by atoms with van der Waals surface area (Å²) in [6.07, 6.45) is 9.12. The second-order valence-corrected chi connectivity index (χ2v) is 5.90. The third kappa shape index (κ3) is 2.24. The molecule has 0 N–H and O–H groups in total. The van der Waals surface area contributed by atoms with E-state index in [-0.39, 0.29) is 0 Å². The Morgan fingerprint density at radius 1 is 1.09 bits per heavy atom. The average Bonchev–Trinajstić information content (AvgIpc) is 2.87. The molecule has 3 heteroatoms. The number of pyridine rings is 1. The first-order chi connectivity index (χ1) is 10.8. The topological polar surface area (TPSA) is 21.1 Å². The van der Waals surface area contributed by atoms with Gasteiger partial charge in [0.05, 0.1) is 5.52 Å². The van der Waals surface area contributed by atoms with Crippen LogP contribution in [0.5, 0.6) is 0 Å². The summed E-state index contributed by atoms with van der Waals surface area (Å²) in [4.78, 5) is 6.47. The van der Waals surface area contributed by atoms with Crippen LogP contribution in [0.1, 0.15) is 16.8 Å². The minimum absolute atomic E-state index is 1.03. The summed E-state index contributed by atoms with van der Waals surface area (Å²) in [6, 6.07) is 12.8. The van der Waals surface area contributed by atoms with Crippen molar-refractivity contribution in [3.05, 3.63) is 65.6 Å². The summed E-state index contributed by atoms with van der Waals surface area (Å²) in [6.45, 7) is 2.15. The molecule has 4 rings (SSSR count). The van der Waals surface area contributed by atoms with Crippen LogP contribution in [-0.2, 0) is 13.0 Å². The lowest BCUT2D eigenvalue weighted by molar-refractivity contribution is 0.312. The van der Waals surface area contributed by atoms with E-state index in [1.165, 1.54) is 27.7 Å². The van der Waals surface area contributed by atoms with Gasteiger partial charge in [-0.15, -0.1) is 0 Å². The minimum Gasteiger partial charge on any atom is -0.320 e. The third-order valence-corrected chi connectivity index (χ3v) is 4.41. The Morgan fingerprint density at radius 2 is 1.91 bits per heavy atom. The molecular formula is C19H19N3. The number of fused-ring (bicyclic) bond motifs is 3. The SMILES string of the molecule is CN1CCc2c(c3ccccc3n2C=Cc2ccncc2)C1. The van der Waals surface area contributed by atoms with Crippen LogP contribution >= 0.6 is 0 Å². The lowest BCUT2D eigenvalue weighted by atomic mass is 10.1. The van der Waals surface area contributed by atoms with Gasteiger partial charge in [0, 0.05) is 49.2 Å². The molecule has 0 aliphatic carbocycles. The molecule has 0 spiro atoms. The Morgan fingerprint density at radius 3 is 2.77 bits per heavy atom. The second kappa shape index (κ2) is 5.43. The molecule has 0 fully saturated rings. The monoisotopic (exact) mass is 289 g/mol. The minimum atomic E-state index is 1.03. The van der Waals surface area contributed by atoms with E-state index in [4.69, 9.17) is 0 Å². The average molecular weight is 289 g/mol. The van der Waals surface area contributed by atoms with Crippen molar-refractivity contribution in [1.82, 2.24) is 14.5 Å². The largest absolute Gasteiger partial charge is 0.320 e. The first-order valence-corrected chi connectivity index (χ1v) is 7.70. The molecule has 2 aromatic heterocycles. The van der Waals surface area contributed by atoms with Crippen LogP contribution in [0.3, 0.4) is 0 Å². The molecule has 3 heterocycles. The molecule has 0 unspecified atom stereocenters. The van der Waals surface area contributed by atoms with Crippen molar-refractivity contribution < 1.29 is 0 Å². The summed E-state index contributed by atoms with van der Waals surface area (Å²) < 4.78 is 2.36. The zero-order valence-corrected chi connectivity index (χ0v) is 12.7. The number of para-hydroxylation sites is 1. The van der Waals surface area contributed by atoms with Gasteiger partial charge in [0.2, 0.25) is 0 Å². The molecule has 110 valence electrons. The fourth-order valence-electron chi connectivity index (χ4n) is 3.28. The van der Waals surface area contributed by atoms with E-state index in [2.05, 4.69) is 58.0 Å². The van der Waals surface area contributed by atoms with E-state index < -0.39 is 0 Å². The van der Waals surface area contributed by atoms with Gasteiger partial charge in [-0.1, -0.05) is 18.2 Å². The van der Waals surface area contributed by atoms with Crippen molar-refractivity contribution in [3.63, 3.8) is 0 Å². The van der Waals surface area contributed by atoms with Crippen molar-refractivity contribution in [2.75, 3.05) is 13.6 Å². The molecule has 0 atom stereocenters. The van der Waals surface area contributed by atoms with Gasteiger partial charge in [0.1, 0.15) is 0 Å². The Bertz CT molecular complexity index is 831. The Hall–Kier alpha value is -2.39. The van der Waals surface area contributed by atoms with E-state index in [1.54, 1.807) is 0 Å². The number of benzene rings is 1. The summed E-state index contributed by atoms with van der Waals surface area (Å²) in [5.74, 6) is 0. The van der Waals surface area contributed by atoms with E-state index in [0.717, 1.165) is 19.5 Å². The van der Waals surface area contributed by atoms with Crippen molar-refractivity contribution >= 4 is 23.2 Å². The van der Waals surface area contributed by atoms with Gasteiger partial charge in [-0.05, 0) is 42.4 Å². The summed E-state index contributed by atoms with van der Waals surface area (Å²) in [5.41, 5.74) is 5.40. The number of likely N-dealkylation sites (N-methyl/N-ethyl adjacent to an activating group) is 1. The molecule has 1 aliphatic heterocycles. The van der Waals surface area contributed by atoms with Crippen LogP contribution in [-0.4, -0.2) is 28.0 Å². The standard InChI is InChI=1S/C19H19N3/c1-21-12-9-19-17(14-21)16-4-2-3-5-18(16)22(19)13-8-15-6-10-20-11-7-15/h2-8,10-11,13H,9,12,14H2,1H3. The molecule has 0 radical (unpaired) electrons. The van der Waals surface area contributed by atoms with Gasteiger partial charge in [-0.3, -0.25) is 4.98 Å². The highest BCUT2D eigenvalue weighted by molar-refractivity contribution is 5.88. The van der Waals surface area contributed by atoms with Crippen LogP contribution in [0.25, 0.3) is 23.2 Å². The number of hydrogen-bond acceptors (Lipinski definition) is 2. The molecule has 22 heavy (non-hydrogen) atoms. The van der Waals surface area contributed by atoms with Gasteiger partial charge < -0.3 is 9.47 Å². The molecule has 1 aromatic carbocycles.